The highest BCUT2D eigenvalue weighted by Gasteiger charge is 2.53. The van der Waals surface area contributed by atoms with E-state index < -0.39 is 0 Å². The Balaban J connectivity index is 1.93. The molecule has 0 aromatic heterocycles. The number of hydrogen-bond donors (Lipinski definition) is 1. The van der Waals surface area contributed by atoms with Crippen LogP contribution in [0.15, 0.2) is 24.3 Å². The molecular formula is C19H29NO. The summed E-state index contributed by atoms with van der Waals surface area (Å²) in [5, 5.41) is 3.75. The fourth-order valence-corrected chi connectivity index (χ4v) is 4.56. The van der Waals surface area contributed by atoms with Gasteiger partial charge in [0.2, 0.25) is 0 Å². The number of hydrogen-bond acceptors (Lipinski definition) is 2. The maximum Gasteiger partial charge on any atom is 0.124 e. The van der Waals surface area contributed by atoms with Gasteiger partial charge in [0.25, 0.3) is 0 Å². The Kier molecular flexibility index (Phi) is 3.77. The number of benzene rings is 1. The van der Waals surface area contributed by atoms with Gasteiger partial charge in [-0.15, -0.1) is 0 Å². The van der Waals surface area contributed by atoms with E-state index in [2.05, 4.69) is 57.3 Å². The Labute approximate surface area is 129 Å². The van der Waals surface area contributed by atoms with Crippen molar-refractivity contribution in [2.24, 2.45) is 11.3 Å². The van der Waals surface area contributed by atoms with E-state index in [-0.39, 0.29) is 5.60 Å². The molecule has 2 aliphatic rings. The van der Waals surface area contributed by atoms with Crippen LogP contribution in [0.5, 0.6) is 5.75 Å². The van der Waals surface area contributed by atoms with Crippen molar-refractivity contribution >= 4 is 0 Å². The third-order valence-electron chi connectivity index (χ3n) is 5.33. The fraction of sp³-hybridized carbons (Fsp3) is 0.684. The van der Waals surface area contributed by atoms with Crippen molar-refractivity contribution in [3.8, 4) is 5.75 Å². The van der Waals surface area contributed by atoms with Crippen LogP contribution >= 0.6 is 0 Å². The van der Waals surface area contributed by atoms with Crippen LogP contribution in [0.25, 0.3) is 0 Å². The van der Waals surface area contributed by atoms with Gasteiger partial charge in [0, 0.05) is 18.0 Å². The van der Waals surface area contributed by atoms with Crippen molar-refractivity contribution in [1.29, 1.82) is 0 Å². The molecule has 0 radical (unpaired) electrons. The molecule has 2 nitrogen and oxygen atoms in total. The van der Waals surface area contributed by atoms with E-state index in [1.165, 1.54) is 24.8 Å². The molecule has 1 heterocycles. The standard InChI is InChI=1S/C19H29NO/c1-5-10-20-16-12-19(13-18(3,4)11-14(19)2)21-17-9-7-6-8-15(16)17/h6-9,14,16,20H,5,10-13H2,1-4H3. The van der Waals surface area contributed by atoms with Gasteiger partial charge in [-0.05, 0) is 43.2 Å². The van der Waals surface area contributed by atoms with Crippen molar-refractivity contribution in [3.05, 3.63) is 29.8 Å². The van der Waals surface area contributed by atoms with Crippen LogP contribution < -0.4 is 10.1 Å². The van der Waals surface area contributed by atoms with Gasteiger partial charge in [-0.2, -0.15) is 0 Å². The van der Waals surface area contributed by atoms with E-state index in [9.17, 15) is 0 Å². The normalized spacial score (nSPS) is 33.7. The molecular weight excluding hydrogens is 258 g/mol. The molecule has 1 aromatic carbocycles. The highest BCUT2D eigenvalue weighted by atomic mass is 16.5. The van der Waals surface area contributed by atoms with E-state index in [0.717, 1.165) is 18.7 Å². The number of rotatable bonds is 3. The van der Waals surface area contributed by atoms with Gasteiger partial charge >= 0.3 is 0 Å². The van der Waals surface area contributed by atoms with E-state index in [4.69, 9.17) is 4.74 Å². The summed E-state index contributed by atoms with van der Waals surface area (Å²) in [7, 11) is 0. The van der Waals surface area contributed by atoms with Crippen LogP contribution in [0.1, 0.15) is 65.0 Å². The highest BCUT2D eigenvalue weighted by Crippen LogP contribution is 2.55. The zero-order valence-electron chi connectivity index (χ0n) is 13.9. The molecule has 116 valence electrons. The van der Waals surface area contributed by atoms with Crippen molar-refractivity contribution in [1.82, 2.24) is 5.32 Å². The SMILES string of the molecule is CCCNC1CC2(CC(C)(C)CC2C)Oc2ccccc21. The second-order valence-electron chi connectivity index (χ2n) is 7.86. The zero-order chi connectivity index (χ0) is 15.1. The Morgan fingerprint density at radius 2 is 2.00 bits per heavy atom. The third kappa shape index (κ3) is 2.70. The molecule has 21 heavy (non-hydrogen) atoms. The molecule has 1 spiro atoms. The molecule has 1 fully saturated rings. The average molecular weight is 287 g/mol. The summed E-state index contributed by atoms with van der Waals surface area (Å²) >= 11 is 0. The molecule has 1 N–H and O–H groups in total. The molecule has 2 heteroatoms. The molecule has 0 amide bonds. The second kappa shape index (κ2) is 5.31. The molecule has 3 unspecified atom stereocenters. The van der Waals surface area contributed by atoms with Gasteiger partial charge in [0.15, 0.2) is 0 Å². The number of fused-ring (bicyclic) bond motifs is 1. The molecule has 1 aliphatic carbocycles. The first-order valence-electron chi connectivity index (χ1n) is 8.47. The average Bonchev–Trinajstić information content (AvgIpc) is 2.64. The van der Waals surface area contributed by atoms with Crippen LogP contribution in [0, 0.1) is 11.3 Å². The quantitative estimate of drug-likeness (QED) is 0.869. The van der Waals surface area contributed by atoms with Gasteiger partial charge in [-0.25, -0.2) is 0 Å². The molecule has 1 aromatic rings. The predicted molar refractivity (Wildman–Crippen MR) is 87.6 cm³/mol. The van der Waals surface area contributed by atoms with Crippen molar-refractivity contribution in [3.63, 3.8) is 0 Å². The molecule has 0 saturated heterocycles. The zero-order valence-corrected chi connectivity index (χ0v) is 13.9. The Morgan fingerprint density at radius 1 is 1.24 bits per heavy atom. The summed E-state index contributed by atoms with van der Waals surface area (Å²) in [6, 6.07) is 9.03. The Morgan fingerprint density at radius 3 is 2.67 bits per heavy atom. The van der Waals surface area contributed by atoms with Gasteiger partial charge in [0.1, 0.15) is 11.4 Å². The smallest absolute Gasteiger partial charge is 0.124 e. The second-order valence-corrected chi connectivity index (χ2v) is 7.86. The van der Waals surface area contributed by atoms with Crippen molar-refractivity contribution in [2.45, 2.75) is 65.0 Å². The minimum Gasteiger partial charge on any atom is -0.487 e. The number of para-hydroxylation sites is 1. The summed E-state index contributed by atoms with van der Waals surface area (Å²) in [5.41, 5.74) is 1.75. The monoisotopic (exact) mass is 287 g/mol. The molecule has 3 rings (SSSR count). The molecule has 0 bridgehead atoms. The Bertz CT molecular complexity index is 510. The fourth-order valence-electron chi connectivity index (χ4n) is 4.56. The van der Waals surface area contributed by atoms with E-state index in [1.807, 2.05) is 0 Å². The summed E-state index contributed by atoms with van der Waals surface area (Å²) in [6.07, 6.45) is 4.71. The largest absolute Gasteiger partial charge is 0.487 e. The van der Waals surface area contributed by atoms with Gasteiger partial charge in [0.05, 0.1) is 0 Å². The lowest BCUT2D eigenvalue weighted by molar-refractivity contribution is -0.00285. The Hall–Kier alpha value is -1.02. The first kappa shape index (κ1) is 14.9. The van der Waals surface area contributed by atoms with E-state index in [1.54, 1.807) is 0 Å². The summed E-state index contributed by atoms with van der Waals surface area (Å²) < 4.78 is 6.60. The van der Waals surface area contributed by atoms with Crippen LogP contribution in [0.3, 0.4) is 0 Å². The van der Waals surface area contributed by atoms with Crippen LogP contribution in [-0.4, -0.2) is 12.1 Å². The third-order valence-corrected chi connectivity index (χ3v) is 5.33. The molecule has 3 atom stereocenters. The van der Waals surface area contributed by atoms with Gasteiger partial charge in [-0.1, -0.05) is 45.9 Å². The van der Waals surface area contributed by atoms with E-state index in [0.29, 0.717) is 17.4 Å². The number of ether oxygens (including phenoxy) is 1. The predicted octanol–water partition coefficient (Wildman–Crippen LogP) is 4.70. The maximum absolute atomic E-state index is 6.60. The first-order valence-corrected chi connectivity index (χ1v) is 8.47. The van der Waals surface area contributed by atoms with Crippen LogP contribution in [0.4, 0.5) is 0 Å². The first-order chi connectivity index (χ1) is 9.96. The molecule has 1 aliphatic heterocycles. The lowest BCUT2D eigenvalue weighted by Gasteiger charge is -2.43. The summed E-state index contributed by atoms with van der Waals surface area (Å²) in [5.74, 6) is 1.72. The number of nitrogens with one attached hydrogen (secondary N) is 1. The minimum atomic E-state index is 0.0171. The van der Waals surface area contributed by atoms with Crippen molar-refractivity contribution < 1.29 is 4.74 Å². The minimum absolute atomic E-state index is 0.0171. The lowest BCUT2D eigenvalue weighted by atomic mass is 9.80. The summed E-state index contributed by atoms with van der Waals surface area (Å²) in [4.78, 5) is 0. The van der Waals surface area contributed by atoms with Crippen LogP contribution in [0.2, 0.25) is 0 Å². The highest BCUT2D eigenvalue weighted by molar-refractivity contribution is 5.39. The van der Waals surface area contributed by atoms with Crippen LogP contribution in [-0.2, 0) is 0 Å². The van der Waals surface area contributed by atoms with Gasteiger partial charge in [-0.3, -0.25) is 0 Å². The van der Waals surface area contributed by atoms with E-state index >= 15 is 0 Å². The molecule has 1 saturated carbocycles. The lowest BCUT2D eigenvalue weighted by Crippen LogP contribution is -2.46. The summed E-state index contributed by atoms with van der Waals surface area (Å²) in [6.45, 7) is 10.5. The van der Waals surface area contributed by atoms with Crippen molar-refractivity contribution in [2.75, 3.05) is 6.54 Å². The van der Waals surface area contributed by atoms with Gasteiger partial charge < -0.3 is 10.1 Å². The maximum atomic E-state index is 6.60. The topological polar surface area (TPSA) is 21.3 Å².